The molecule has 3 nitrogen and oxygen atoms in total. The van der Waals surface area contributed by atoms with E-state index in [4.69, 9.17) is 5.11 Å². The van der Waals surface area contributed by atoms with Crippen LogP contribution in [-0.4, -0.2) is 16.2 Å². The lowest BCUT2D eigenvalue weighted by Crippen LogP contribution is -1.96. The van der Waals surface area contributed by atoms with Crippen molar-refractivity contribution in [2.24, 2.45) is 0 Å². The summed E-state index contributed by atoms with van der Waals surface area (Å²) >= 11 is 4.13. The number of carbonyl (C=O) groups is 1. The third kappa shape index (κ3) is 3.33. The zero-order valence-corrected chi connectivity index (χ0v) is 12.1. The van der Waals surface area contributed by atoms with Gasteiger partial charge in [-0.1, -0.05) is 0 Å². The summed E-state index contributed by atoms with van der Waals surface area (Å²) in [5.74, 6) is -0.861. The average molecular weight is 430 g/mol. The molecule has 1 aromatic carbocycles. The van der Waals surface area contributed by atoms with Gasteiger partial charge in [-0.2, -0.15) is 0 Å². The highest BCUT2D eigenvalue weighted by Crippen LogP contribution is 2.28. The summed E-state index contributed by atoms with van der Waals surface area (Å²) in [5, 5.41) is 18.4. The van der Waals surface area contributed by atoms with Crippen molar-refractivity contribution in [1.82, 2.24) is 0 Å². The van der Waals surface area contributed by atoms with E-state index in [-0.39, 0.29) is 11.3 Å². The fraction of sp³-hybridized carbons (Fsp3) is 0.100. The van der Waals surface area contributed by atoms with Crippen molar-refractivity contribution < 1.29 is 15.0 Å². The molecule has 0 saturated carbocycles. The molecular formula is C10H8I2O3. The number of carboxylic acid groups (broad SMARTS) is 1. The van der Waals surface area contributed by atoms with Crippen LogP contribution in [0, 0.1) is 7.14 Å². The number of phenolic OH excluding ortho intramolecular Hbond substituents is 1. The van der Waals surface area contributed by atoms with Crippen LogP contribution in [0.15, 0.2) is 17.7 Å². The van der Waals surface area contributed by atoms with Gasteiger partial charge in [0.05, 0.1) is 3.57 Å². The number of halogens is 2. The van der Waals surface area contributed by atoms with Gasteiger partial charge in [-0.05, 0) is 70.3 Å². The van der Waals surface area contributed by atoms with Gasteiger partial charge in [-0.3, -0.25) is 0 Å². The van der Waals surface area contributed by atoms with Gasteiger partial charge in [0.15, 0.2) is 0 Å². The molecule has 0 aliphatic heterocycles. The number of benzene rings is 1. The van der Waals surface area contributed by atoms with Gasteiger partial charge in [0.25, 0.3) is 0 Å². The Bertz CT molecular complexity index is 439. The van der Waals surface area contributed by atoms with E-state index < -0.39 is 5.97 Å². The van der Waals surface area contributed by atoms with Crippen LogP contribution in [0.1, 0.15) is 12.5 Å². The molecule has 0 fully saturated rings. The number of aliphatic carboxylic acids is 1. The van der Waals surface area contributed by atoms with Crippen LogP contribution in [0.2, 0.25) is 0 Å². The highest BCUT2D eigenvalue weighted by atomic mass is 127. The first kappa shape index (κ1) is 12.8. The zero-order chi connectivity index (χ0) is 11.6. The normalized spacial score (nSPS) is 11.5. The number of carboxylic acids is 1. The number of phenols is 1. The third-order valence-electron chi connectivity index (χ3n) is 1.77. The Kier molecular flexibility index (Phi) is 4.38. The number of rotatable bonds is 2. The van der Waals surface area contributed by atoms with Crippen molar-refractivity contribution in [3.63, 3.8) is 0 Å². The molecule has 0 amide bonds. The molecule has 15 heavy (non-hydrogen) atoms. The van der Waals surface area contributed by atoms with E-state index in [2.05, 4.69) is 22.6 Å². The monoisotopic (exact) mass is 430 g/mol. The molecule has 2 N–H and O–H groups in total. The van der Waals surface area contributed by atoms with Crippen LogP contribution in [0.5, 0.6) is 5.75 Å². The van der Waals surface area contributed by atoms with E-state index in [0.717, 1.165) is 3.57 Å². The van der Waals surface area contributed by atoms with Crippen LogP contribution in [-0.2, 0) is 4.79 Å². The van der Waals surface area contributed by atoms with Gasteiger partial charge in [0.2, 0.25) is 0 Å². The largest absolute Gasteiger partial charge is 0.506 e. The lowest BCUT2D eigenvalue weighted by Gasteiger charge is -2.04. The Morgan fingerprint density at radius 2 is 2.00 bits per heavy atom. The standard InChI is InChI=1S/C10H8I2O3/c1-5(10(14)15)2-6-3-7(11)4-8(12)9(6)13/h2-4,13H,1H3,(H,14,15)/b5-2+. The lowest BCUT2D eigenvalue weighted by atomic mass is 10.1. The van der Waals surface area contributed by atoms with Crippen molar-refractivity contribution in [2.75, 3.05) is 0 Å². The second-order valence-corrected chi connectivity index (χ2v) is 5.37. The van der Waals surface area contributed by atoms with Crippen LogP contribution >= 0.6 is 45.2 Å². The molecule has 0 aliphatic rings. The quantitative estimate of drug-likeness (QED) is 0.561. The minimum Gasteiger partial charge on any atom is -0.506 e. The molecule has 1 aromatic rings. The van der Waals surface area contributed by atoms with E-state index in [0.29, 0.717) is 9.13 Å². The molecule has 80 valence electrons. The van der Waals surface area contributed by atoms with Gasteiger partial charge in [-0.25, -0.2) is 4.79 Å². The van der Waals surface area contributed by atoms with Crippen LogP contribution in [0.25, 0.3) is 6.08 Å². The Balaban J connectivity index is 3.26. The van der Waals surface area contributed by atoms with Crippen LogP contribution in [0.4, 0.5) is 0 Å². The Labute approximate surface area is 114 Å². The second-order valence-electron chi connectivity index (χ2n) is 2.96. The maximum Gasteiger partial charge on any atom is 0.331 e. The van der Waals surface area contributed by atoms with Gasteiger partial charge in [-0.15, -0.1) is 0 Å². The highest BCUT2D eigenvalue weighted by molar-refractivity contribution is 14.1. The first-order valence-electron chi connectivity index (χ1n) is 4.01. The molecular weight excluding hydrogens is 422 g/mol. The highest BCUT2D eigenvalue weighted by Gasteiger charge is 2.07. The summed E-state index contributed by atoms with van der Waals surface area (Å²) in [5.41, 5.74) is 0.731. The maximum atomic E-state index is 10.6. The molecule has 0 bridgehead atoms. The van der Waals surface area contributed by atoms with Crippen molar-refractivity contribution in [1.29, 1.82) is 0 Å². The lowest BCUT2D eigenvalue weighted by molar-refractivity contribution is -0.132. The van der Waals surface area contributed by atoms with Crippen LogP contribution in [0.3, 0.4) is 0 Å². The summed E-state index contributed by atoms with van der Waals surface area (Å²) in [4.78, 5) is 10.6. The first-order chi connectivity index (χ1) is 6.91. The summed E-state index contributed by atoms with van der Waals surface area (Å²) in [6, 6.07) is 3.56. The molecule has 0 radical (unpaired) electrons. The van der Waals surface area contributed by atoms with Gasteiger partial charge >= 0.3 is 5.97 Å². The Hall–Kier alpha value is -0.310. The fourth-order valence-electron chi connectivity index (χ4n) is 0.991. The van der Waals surface area contributed by atoms with Crippen molar-refractivity contribution in [3.05, 3.63) is 30.4 Å². The molecule has 5 heteroatoms. The van der Waals surface area contributed by atoms with Crippen molar-refractivity contribution >= 4 is 57.2 Å². The molecule has 0 spiro atoms. The molecule has 0 aliphatic carbocycles. The smallest absolute Gasteiger partial charge is 0.331 e. The average Bonchev–Trinajstić information content (AvgIpc) is 2.13. The molecule has 0 atom stereocenters. The SMILES string of the molecule is C/C(=C\c1cc(I)cc(I)c1O)C(=O)O. The number of aromatic hydroxyl groups is 1. The van der Waals surface area contributed by atoms with E-state index in [9.17, 15) is 9.90 Å². The Morgan fingerprint density at radius 3 is 2.53 bits per heavy atom. The maximum absolute atomic E-state index is 10.6. The van der Waals surface area contributed by atoms with Crippen molar-refractivity contribution in [2.45, 2.75) is 6.92 Å². The molecule has 0 saturated heterocycles. The summed E-state index contributed by atoms with van der Waals surface area (Å²) in [6.07, 6.45) is 1.46. The topological polar surface area (TPSA) is 57.5 Å². The van der Waals surface area contributed by atoms with Gasteiger partial charge in [0, 0.05) is 14.7 Å². The van der Waals surface area contributed by atoms with Crippen molar-refractivity contribution in [3.8, 4) is 5.75 Å². The predicted octanol–water partition coefficient (Wildman–Crippen LogP) is 3.09. The summed E-state index contributed by atoms with van der Waals surface area (Å²) in [7, 11) is 0. The first-order valence-corrected chi connectivity index (χ1v) is 6.17. The second kappa shape index (κ2) is 5.15. The van der Waals surface area contributed by atoms with E-state index in [1.165, 1.54) is 13.0 Å². The Morgan fingerprint density at radius 1 is 1.40 bits per heavy atom. The van der Waals surface area contributed by atoms with E-state index >= 15 is 0 Å². The van der Waals surface area contributed by atoms with Gasteiger partial charge < -0.3 is 10.2 Å². The van der Waals surface area contributed by atoms with E-state index in [1.54, 1.807) is 6.07 Å². The summed E-state index contributed by atoms with van der Waals surface area (Å²) in [6.45, 7) is 1.49. The predicted molar refractivity (Wildman–Crippen MR) is 74.8 cm³/mol. The minimum atomic E-state index is -0.983. The van der Waals surface area contributed by atoms with Crippen LogP contribution < -0.4 is 0 Å². The molecule has 1 rings (SSSR count). The molecule has 0 unspecified atom stereocenters. The minimum absolute atomic E-state index is 0.122. The molecule has 0 aromatic heterocycles. The van der Waals surface area contributed by atoms with Gasteiger partial charge in [0.1, 0.15) is 5.75 Å². The molecule has 0 heterocycles. The number of hydrogen-bond donors (Lipinski definition) is 2. The summed E-state index contributed by atoms with van der Waals surface area (Å²) < 4.78 is 1.67. The van der Waals surface area contributed by atoms with E-state index in [1.807, 2.05) is 28.7 Å². The fourth-order valence-corrected chi connectivity index (χ4v) is 2.88. The zero-order valence-electron chi connectivity index (χ0n) is 7.79. The number of hydrogen-bond acceptors (Lipinski definition) is 2. The third-order valence-corrected chi connectivity index (χ3v) is 3.21.